The zero-order chi connectivity index (χ0) is 12.1. The predicted molar refractivity (Wildman–Crippen MR) is 73.0 cm³/mol. The Hall–Kier alpha value is -1.09. The Balaban J connectivity index is 1.96. The van der Waals surface area contributed by atoms with E-state index in [1.54, 1.807) is 6.08 Å². The second kappa shape index (κ2) is 6.01. The maximum absolute atomic E-state index is 11.9. The standard InChI is InChI=1S/C14H16BrNO/c15-13-6-4-12(5-7-13)14(17)8-11-16-9-2-1-3-10-16/h4-8,11H,1-3,9-10H2/b11-8+. The summed E-state index contributed by atoms with van der Waals surface area (Å²) >= 11 is 3.36. The Bertz CT molecular complexity index is 405. The molecule has 0 unspecified atom stereocenters. The van der Waals surface area contributed by atoms with Gasteiger partial charge in [-0.3, -0.25) is 4.79 Å². The van der Waals surface area contributed by atoms with Crippen molar-refractivity contribution in [3.05, 3.63) is 46.6 Å². The number of halogens is 1. The molecule has 0 N–H and O–H groups in total. The summed E-state index contributed by atoms with van der Waals surface area (Å²) in [6.07, 6.45) is 7.39. The van der Waals surface area contributed by atoms with Gasteiger partial charge in [-0.15, -0.1) is 0 Å². The quantitative estimate of drug-likeness (QED) is 0.626. The molecule has 0 atom stereocenters. The molecule has 1 saturated heterocycles. The Morgan fingerprint density at radius 3 is 2.41 bits per heavy atom. The van der Waals surface area contributed by atoms with Gasteiger partial charge in [-0.1, -0.05) is 15.9 Å². The van der Waals surface area contributed by atoms with E-state index in [1.165, 1.54) is 19.3 Å². The SMILES string of the molecule is O=C(/C=C/N1CCCCC1)c1ccc(Br)cc1. The first-order chi connectivity index (χ1) is 8.25. The fraction of sp³-hybridized carbons (Fsp3) is 0.357. The average molecular weight is 294 g/mol. The lowest BCUT2D eigenvalue weighted by Gasteiger charge is -2.24. The number of hydrogen-bond donors (Lipinski definition) is 0. The summed E-state index contributed by atoms with van der Waals surface area (Å²) < 4.78 is 0.995. The lowest BCUT2D eigenvalue weighted by Crippen LogP contribution is -2.24. The highest BCUT2D eigenvalue weighted by atomic mass is 79.9. The Labute approximate surface area is 110 Å². The second-order valence-electron chi connectivity index (χ2n) is 4.28. The highest BCUT2D eigenvalue weighted by Crippen LogP contribution is 2.12. The van der Waals surface area contributed by atoms with E-state index in [4.69, 9.17) is 0 Å². The van der Waals surface area contributed by atoms with Gasteiger partial charge in [0, 0.05) is 35.4 Å². The van der Waals surface area contributed by atoms with E-state index < -0.39 is 0 Å². The highest BCUT2D eigenvalue weighted by molar-refractivity contribution is 9.10. The monoisotopic (exact) mass is 293 g/mol. The third kappa shape index (κ3) is 3.70. The number of ketones is 1. The van der Waals surface area contributed by atoms with Gasteiger partial charge < -0.3 is 4.90 Å². The Morgan fingerprint density at radius 2 is 1.76 bits per heavy atom. The minimum Gasteiger partial charge on any atom is -0.377 e. The number of likely N-dealkylation sites (tertiary alicyclic amines) is 1. The third-order valence-electron chi connectivity index (χ3n) is 2.96. The average Bonchev–Trinajstić information content (AvgIpc) is 2.38. The van der Waals surface area contributed by atoms with Gasteiger partial charge in [0.1, 0.15) is 0 Å². The molecule has 1 aromatic carbocycles. The molecule has 0 radical (unpaired) electrons. The number of piperidine rings is 1. The molecule has 1 fully saturated rings. The molecule has 0 aromatic heterocycles. The molecule has 0 spiro atoms. The molecule has 1 heterocycles. The van der Waals surface area contributed by atoms with Crippen LogP contribution in [0.3, 0.4) is 0 Å². The first-order valence-corrected chi connectivity index (χ1v) is 6.77. The number of carbonyl (C=O) groups excluding carboxylic acids is 1. The fourth-order valence-electron chi connectivity index (χ4n) is 1.95. The van der Waals surface area contributed by atoms with Gasteiger partial charge >= 0.3 is 0 Å². The molecule has 1 aliphatic rings. The normalized spacial score (nSPS) is 16.4. The molecule has 0 aliphatic carbocycles. The maximum Gasteiger partial charge on any atom is 0.187 e. The molecule has 17 heavy (non-hydrogen) atoms. The van der Waals surface area contributed by atoms with Gasteiger partial charge in [0.15, 0.2) is 5.78 Å². The van der Waals surface area contributed by atoms with Crippen LogP contribution in [0.1, 0.15) is 29.6 Å². The molecule has 3 heteroatoms. The zero-order valence-electron chi connectivity index (χ0n) is 9.73. The van der Waals surface area contributed by atoms with Gasteiger partial charge in [-0.05, 0) is 43.5 Å². The lowest BCUT2D eigenvalue weighted by molar-refractivity contribution is 0.104. The lowest BCUT2D eigenvalue weighted by atomic mass is 10.1. The summed E-state index contributed by atoms with van der Waals surface area (Å²) in [4.78, 5) is 14.1. The molecule has 90 valence electrons. The summed E-state index contributed by atoms with van der Waals surface area (Å²) in [7, 11) is 0. The molecule has 1 aliphatic heterocycles. The van der Waals surface area contributed by atoms with E-state index in [1.807, 2.05) is 30.5 Å². The topological polar surface area (TPSA) is 20.3 Å². The van der Waals surface area contributed by atoms with Crippen LogP contribution in [-0.4, -0.2) is 23.8 Å². The molecule has 2 nitrogen and oxygen atoms in total. The van der Waals surface area contributed by atoms with Crippen LogP contribution in [0.15, 0.2) is 41.0 Å². The summed E-state index contributed by atoms with van der Waals surface area (Å²) in [5.41, 5.74) is 0.737. The molecular weight excluding hydrogens is 278 g/mol. The molecule has 0 saturated carbocycles. The fourth-order valence-corrected chi connectivity index (χ4v) is 2.22. The molecule has 2 rings (SSSR count). The van der Waals surface area contributed by atoms with Crippen LogP contribution in [0.4, 0.5) is 0 Å². The van der Waals surface area contributed by atoms with Gasteiger partial charge in [0.25, 0.3) is 0 Å². The van der Waals surface area contributed by atoms with Crippen molar-refractivity contribution < 1.29 is 4.79 Å². The molecular formula is C14H16BrNO. The van der Waals surface area contributed by atoms with Gasteiger partial charge in [0.05, 0.1) is 0 Å². The first kappa shape index (κ1) is 12.4. The number of hydrogen-bond acceptors (Lipinski definition) is 2. The van der Waals surface area contributed by atoms with Crippen LogP contribution in [0.2, 0.25) is 0 Å². The first-order valence-electron chi connectivity index (χ1n) is 5.98. The third-order valence-corrected chi connectivity index (χ3v) is 3.48. The Kier molecular flexibility index (Phi) is 4.37. The van der Waals surface area contributed by atoms with Gasteiger partial charge in [0.2, 0.25) is 0 Å². The van der Waals surface area contributed by atoms with Crippen molar-refractivity contribution in [3.63, 3.8) is 0 Å². The van der Waals surface area contributed by atoms with Crippen LogP contribution in [-0.2, 0) is 0 Å². The van der Waals surface area contributed by atoms with Crippen molar-refractivity contribution in [2.45, 2.75) is 19.3 Å². The number of benzene rings is 1. The summed E-state index contributed by atoms with van der Waals surface area (Å²) in [6.45, 7) is 2.15. The van der Waals surface area contributed by atoms with Crippen LogP contribution in [0, 0.1) is 0 Å². The Morgan fingerprint density at radius 1 is 1.12 bits per heavy atom. The summed E-state index contributed by atoms with van der Waals surface area (Å²) in [5.74, 6) is 0.0723. The number of carbonyl (C=O) groups is 1. The van der Waals surface area contributed by atoms with E-state index in [9.17, 15) is 4.79 Å². The van der Waals surface area contributed by atoms with Crippen molar-refractivity contribution >= 4 is 21.7 Å². The maximum atomic E-state index is 11.9. The minimum atomic E-state index is 0.0723. The smallest absolute Gasteiger partial charge is 0.187 e. The van der Waals surface area contributed by atoms with Crippen LogP contribution < -0.4 is 0 Å². The van der Waals surface area contributed by atoms with E-state index in [0.717, 1.165) is 23.1 Å². The second-order valence-corrected chi connectivity index (χ2v) is 5.20. The van der Waals surface area contributed by atoms with E-state index in [0.29, 0.717) is 0 Å². The van der Waals surface area contributed by atoms with Gasteiger partial charge in [-0.2, -0.15) is 0 Å². The van der Waals surface area contributed by atoms with E-state index >= 15 is 0 Å². The van der Waals surface area contributed by atoms with Gasteiger partial charge in [-0.25, -0.2) is 0 Å². The highest BCUT2D eigenvalue weighted by Gasteiger charge is 2.06. The van der Waals surface area contributed by atoms with E-state index in [2.05, 4.69) is 20.8 Å². The summed E-state index contributed by atoms with van der Waals surface area (Å²) in [6, 6.07) is 7.46. The van der Waals surface area contributed by atoms with Crippen LogP contribution in [0.5, 0.6) is 0 Å². The van der Waals surface area contributed by atoms with Crippen molar-refractivity contribution in [3.8, 4) is 0 Å². The number of rotatable bonds is 3. The number of nitrogens with zero attached hydrogens (tertiary/aromatic N) is 1. The minimum absolute atomic E-state index is 0.0723. The van der Waals surface area contributed by atoms with Crippen molar-refractivity contribution in [2.75, 3.05) is 13.1 Å². The van der Waals surface area contributed by atoms with Crippen molar-refractivity contribution in [1.29, 1.82) is 0 Å². The largest absolute Gasteiger partial charge is 0.377 e. The van der Waals surface area contributed by atoms with Crippen LogP contribution in [0.25, 0.3) is 0 Å². The zero-order valence-corrected chi connectivity index (χ0v) is 11.3. The van der Waals surface area contributed by atoms with Crippen molar-refractivity contribution in [1.82, 2.24) is 4.90 Å². The van der Waals surface area contributed by atoms with E-state index in [-0.39, 0.29) is 5.78 Å². The summed E-state index contributed by atoms with van der Waals surface area (Å²) in [5, 5.41) is 0. The van der Waals surface area contributed by atoms with Crippen molar-refractivity contribution in [2.24, 2.45) is 0 Å². The van der Waals surface area contributed by atoms with Crippen LogP contribution >= 0.6 is 15.9 Å². The predicted octanol–water partition coefficient (Wildman–Crippen LogP) is 3.63. The molecule has 1 aromatic rings. The molecule has 0 bridgehead atoms. The molecule has 0 amide bonds. The number of allylic oxidation sites excluding steroid dienone is 1.